The van der Waals surface area contributed by atoms with Crippen molar-refractivity contribution in [2.45, 2.75) is 64.2 Å². The van der Waals surface area contributed by atoms with Crippen molar-refractivity contribution in [1.82, 2.24) is 0 Å². The highest BCUT2D eigenvalue weighted by molar-refractivity contribution is 4.47. The second-order valence-corrected chi connectivity index (χ2v) is 3.95. The van der Waals surface area contributed by atoms with Crippen molar-refractivity contribution in [3.05, 3.63) is 0 Å². The monoisotopic (exact) mass is 204 g/mol. The standard InChI is InChI=1S/C12H25FO/c13-11-9-7-5-3-1-2-4-6-8-10-12-14/h14H,1-12H2. The predicted octanol–water partition coefficient (Wildman–Crippen LogP) is 3.85. The fourth-order valence-electron chi connectivity index (χ4n) is 1.62. The maximum absolute atomic E-state index is 11.7. The van der Waals surface area contributed by atoms with Crippen LogP contribution in [-0.2, 0) is 0 Å². The number of aliphatic hydroxyl groups excluding tert-OH is 1. The summed E-state index contributed by atoms with van der Waals surface area (Å²) >= 11 is 0. The van der Waals surface area contributed by atoms with Gasteiger partial charge in [-0.2, -0.15) is 0 Å². The molecule has 0 aliphatic heterocycles. The lowest BCUT2D eigenvalue weighted by molar-refractivity contribution is 0.282. The number of aliphatic hydroxyl groups is 1. The lowest BCUT2D eigenvalue weighted by Crippen LogP contribution is -1.84. The summed E-state index contributed by atoms with van der Waals surface area (Å²) in [5.41, 5.74) is 0. The Labute approximate surface area is 87.7 Å². The van der Waals surface area contributed by atoms with Crippen molar-refractivity contribution in [3.8, 4) is 0 Å². The Morgan fingerprint density at radius 2 is 0.929 bits per heavy atom. The van der Waals surface area contributed by atoms with Crippen molar-refractivity contribution in [3.63, 3.8) is 0 Å². The van der Waals surface area contributed by atoms with Crippen LogP contribution in [0.2, 0.25) is 0 Å². The number of alkyl halides is 1. The first-order valence-corrected chi connectivity index (χ1v) is 6.08. The second kappa shape index (κ2) is 12.9. The van der Waals surface area contributed by atoms with Crippen LogP contribution in [0.5, 0.6) is 0 Å². The molecular formula is C12H25FO. The summed E-state index contributed by atoms with van der Waals surface area (Å²) in [6.07, 6.45) is 11.5. The van der Waals surface area contributed by atoms with E-state index in [1.54, 1.807) is 0 Å². The van der Waals surface area contributed by atoms with Gasteiger partial charge in [0, 0.05) is 6.61 Å². The first kappa shape index (κ1) is 13.9. The fraction of sp³-hybridized carbons (Fsp3) is 1.00. The van der Waals surface area contributed by atoms with E-state index >= 15 is 0 Å². The Morgan fingerprint density at radius 1 is 0.571 bits per heavy atom. The normalized spacial score (nSPS) is 10.7. The highest BCUT2D eigenvalue weighted by Gasteiger charge is 1.92. The van der Waals surface area contributed by atoms with Crippen molar-refractivity contribution < 1.29 is 9.50 Å². The molecule has 86 valence electrons. The molecule has 0 aromatic carbocycles. The quantitative estimate of drug-likeness (QED) is 0.507. The average molecular weight is 204 g/mol. The first-order valence-electron chi connectivity index (χ1n) is 6.08. The van der Waals surface area contributed by atoms with Gasteiger partial charge in [-0.15, -0.1) is 0 Å². The third-order valence-electron chi connectivity index (χ3n) is 2.54. The van der Waals surface area contributed by atoms with E-state index in [0.717, 1.165) is 19.3 Å². The zero-order valence-corrected chi connectivity index (χ0v) is 9.31. The molecule has 0 rings (SSSR count). The maximum Gasteiger partial charge on any atom is 0.0894 e. The molecule has 0 amide bonds. The SMILES string of the molecule is OCCCCCCCCCCCCF. The van der Waals surface area contributed by atoms with E-state index < -0.39 is 0 Å². The van der Waals surface area contributed by atoms with Crippen LogP contribution in [-0.4, -0.2) is 18.4 Å². The van der Waals surface area contributed by atoms with E-state index in [9.17, 15) is 4.39 Å². The summed E-state index contributed by atoms with van der Waals surface area (Å²) in [5.74, 6) is 0. The number of halogens is 1. The molecule has 0 saturated heterocycles. The van der Waals surface area contributed by atoms with E-state index in [1.165, 1.54) is 44.9 Å². The minimum absolute atomic E-state index is 0.152. The van der Waals surface area contributed by atoms with Gasteiger partial charge in [-0.3, -0.25) is 4.39 Å². The van der Waals surface area contributed by atoms with E-state index in [1.807, 2.05) is 0 Å². The molecule has 0 unspecified atom stereocenters. The predicted molar refractivity (Wildman–Crippen MR) is 59.2 cm³/mol. The summed E-state index contributed by atoms with van der Waals surface area (Å²) in [6.45, 7) is 0.185. The molecule has 2 heteroatoms. The molecule has 0 bridgehead atoms. The smallest absolute Gasteiger partial charge is 0.0894 e. The Bertz CT molecular complexity index is 84.3. The van der Waals surface area contributed by atoms with Crippen LogP contribution < -0.4 is 0 Å². The zero-order chi connectivity index (χ0) is 10.5. The van der Waals surface area contributed by atoms with Crippen LogP contribution >= 0.6 is 0 Å². The number of rotatable bonds is 11. The van der Waals surface area contributed by atoms with Gasteiger partial charge in [-0.1, -0.05) is 51.4 Å². The van der Waals surface area contributed by atoms with Gasteiger partial charge in [0.15, 0.2) is 0 Å². The molecule has 1 N–H and O–H groups in total. The third-order valence-corrected chi connectivity index (χ3v) is 2.54. The largest absolute Gasteiger partial charge is 0.396 e. The van der Waals surface area contributed by atoms with Crippen molar-refractivity contribution in [2.75, 3.05) is 13.3 Å². The molecule has 0 aromatic heterocycles. The van der Waals surface area contributed by atoms with Crippen LogP contribution in [0.1, 0.15) is 64.2 Å². The van der Waals surface area contributed by atoms with Crippen molar-refractivity contribution in [1.29, 1.82) is 0 Å². The summed E-state index contributed by atoms with van der Waals surface area (Å²) in [7, 11) is 0. The summed E-state index contributed by atoms with van der Waals surface area (Å²) in [5, 5.41) is 8.56. The van der Waals surface area contributed by atoms with Gasteiger partial charge in [0.05, 0.1) is 6.67 Å². The van der Waals surface area contributed by atoms with Gasteiger partial charge >= 0.3 is 0 Å². The lowest BCUT2D eigenvalue weighted by Gasteiger charge is -2.00. The maximum atomic E-state index is 11.7. The molecule has 0 atom stereocenters. The molecule has 0 aliphatic rings. The van der Waals surface area contributed by atoms with Gasteiger partial charge in [0.2, 0.25) is 0 Å². The molecule has 0 radical (unpaired) electrons. The highest BCUT2D eigenvalue weighted by atomic mass is 19.1. The molecule has 1 nitrogen and oxygen atoms in total. The van der Waals surface area contributed by atoms with Crippen molar-refractivity contribution in [2.24, 2.45) is 0 Å². The van der Waals surface area contributed by atoms with E-state index in [4.69, 9.17) is 5.11 Å². The van der Waals surface area contributed by atoms with Gasteiger partial charge in [-0.25, -0.2) is 0 Å². The molecule has 0 heterocycles. The molecule has 0 fully saturated rings. The molecule has 0 aromatic rings. The van der Waals surface area contributed by atoms with Gasteiger partial charge in [0.25, 0.3) is 0 Å². The minimum atomic E-state index is -0.152. The number of hydrogen-bond acceptors (Lipinski definition) is 1. The van der Waals surface area contributed by atoms with Gasteiger partial charge < -0.3 is 5.11 Å². The van der Waals surface area contributed by atoms with E-state index in [0.29, 0.717) is 6.61 Å². The lowest BCUT2D eigenvalue weighted by atomic mass is 10.1. The molecule has 0 spiro atoms. The molecule has 0 aliphatic carbocycles. The zero-order valence-electron chi connectivity index (χ0n) is 9.31. The average Bonchev–Trinajstić information content (AvgIpc) is 2.21. The van der Waals surface area contributed by atoms with Crippen LogP contribution in [0, 0.1) is 0 Å². The topological polar surface area (TPSA) is 20.2 Å². The first-order chi connectivity index (χ1) is 6.91. The molecule has 14 heavy (non-hydrogen) atoms. The number of unbranched alkanes of at least 4 members (excludes halogenated alkanes) is 9. The fourth-order valence-corrected chi connectivity index (χ4v) is 1.62. The Morgan fingerprint density at radius 3 is 1.29 bits per heavy atom. The Kier molecular flexibility index (Phi) is 12.8. The van der Waals surface area contributed by atoms with Crippen molar-refractivity contribution >= 4 is 0 Å². The van der Waals surface area contributed by atoms with E-state index in [2.05, 4.69) is 0 Å². The molecule has 0 saturated carbocycles. The minimum Gasteiger partial charge on any atom is -0.396 e. The second-order valence-electron chi connectivity index (χ2n) is 3.95. The highest BCUT2D eigenvalue weighted by Crippen LogP contribution is 2.10. The van der Waals surface area contributed by atoms with Crippen LogP contribution in [0.25, 0.3) is 0 Å². The summed E-state index contributed by atoms with van der Waals surface area (Å²) in [4.78, 5) is 0. The summed E-state index contributed by atoms with van der Waals surface area (Å²) < 4.78 is 11.7. The summed E-state index contributed by atoms with van der Waals surface area (Å²) in [6, 6.07) is 0. The van der Waals surface area contributed by atoms with E-state index in [-0.39, 0.29) is 6.67 Å². The van der Waals surface area contributed by atoms with Crippen LogP contribution in [0.3, 0.4) is 0 Å². The van der Waals surface area contributed by atoms with Crippen LogP contribution in [0.4, 0.5) is 4.39 Å². The van der Waals surface area contributed by atoms with Crippen LogP contribution in [0.15, 0.2) is 0 Å². The Balaban J connectivity index is 2.78. The molecular weight excluding hydrogens is 179 g/mol. The van der Waals surface area contributed by atoms with Gasteiger partial charge in [-0.05, 0) is 12.8 Å². The number of hydrogen-bond donors (Lipinski definition) is 1. The Hall–Kier alpha value is -0.110. The van der Waals surface area contributed by atoms with Gasteiger partial charge in [0.1, 0.15) is 0 Å². The third kappa shape index (κ3) is 11.9.